The van der Waals surface area contributed by atoms with Gasteiger partial charge in [0.2, 0.25) is 0 Å². The van der Waals surface area contributed by atoms with Crippen LogP contribution in [0.15, 0.2) is 0 Å². The molecule has 0 aromatic rings. The van der Waals surface area contributed by atoms with Gasteiger partial charge in [-0.15, -0.1) is 0 Å². The third-order valence-corrected chi connectivity index (χ3v) is 12.4. The summed E-state index contributed by atoms with van der Waals surface area (Å²) in [6.45, 7) is 2.55. The lowest BCUT2D eigenvalue weighted by Gasteiger charge is -2.22. The monoisotopic (exact) mass is 738 g/mol. The fourth-order valence-corrected chi connectivity index (χ4v) is 5.46. The molecule has 0 aromatic heterocycles. The van der Waals surface area contributed by atoms with Crippen LogP contribution in [-0.4, -0.2) is 42.0 Å². The molecule has 0 rings (SSSR count). The van der Waals surface area contributed by atoms with Gasteiger partial charge in [0.05, 0.1) is 11.4 Å². The van der Waals surface area contributed by atoms with E-state index in [-0.39, 0.29) is 25.3 Å². The normalized spacial score (nSPS) is 17.6. The summed E-state index contributed by atoms with van der Waals surface area (Å²) in [6, 6.07) is 0. The summed E-state index contributed by atoms with van der Waals surface area (Å²) < 4.78 is 5.38. The van der Waals surface area contributed by atoms with Crippen molar-refractivity contribution < 1.29 is 9.53 Å². The summed E-state index contributed by atoms with van der Waals surface area (Å²) in [5.74, 6) is -0.199. The zero-order valence-electron chi connectivity index (χ0n) is 14.5. The van der Waals surface area contributed by atoms with E-state index in [1.165, 1.54) is 38.5 Å². The summed E-state index contributed by atoms with van der Waals surface area (Å²) in [6.07, 6.45) is 9.70. The van der Waals surface area contributed by atoms with Gasteiger partial charge in [0.15, 0.2) is 0 Å². The van der Waals surface area contributed by atoms with Crippen LogP contribution in [-0.2, 0) is 9.53 Å². The minimum atomic E-state index is -0.352. The van der Waals surface area contributed by atoms with Gasteiger partial charge in [-0.05, 0) is 12.8 Å². The van der Waals surface area contributed by atoms with Crippen molar-refractivity contribution in [1.82, 2.24) is 0 Å². The van der Waals surface area contributed by atoms with Crippen molar-refractivity contribution in [3.63, 3.8) is 0 Å². The molecule has 2 nitrogen and oxygen atoms in total. The fourth-order valence-electron chi connectivity index (χ4n) is 2.23. The molecule has 5 unspecified atom stereocenters. The predicted octanol–water partition coefficient (Wildman–Crippen LogP) is 7.88. The Balaban J connectivity index is 3.60. The maximum Gasteiger partial charge on any atom is 0.320 e. The van der Waals surface area contributed by atoms with E-state index in [1.807, 2.05) is 6.92 Å². The predicted molar refractivity (Wildman–Crippen MR) is 131 cm³/mol. The van der Waals surface area contributed by atoms with Crippen molar-refractivity contribution >= 4 is 102 Å². The number of ether oxygens (including phenoxy) is 1. The number of halogens is 6. The van der Waals surface area contributed by atoms with Crippen LogP contribution in [0.2, 0.25) is 0 Å². The smallest absolute Gasteiger partial charge is 0.320 e. The lowest BCUT2D eigenvalue weighted by Crippen LogP contribution is -2.35. The molecule has 0 aromatic carbocycles. The van der Waals surface area contributed by atoms with Gasteiger partial charge in [-0.25, -0.2) is 0 Å². The summed E-state index contributed by atoms with van der Waals surface area (Å²) >= 11 is 21.2. The number of hydrogen-bond donors (Lipinski definition) is 0. The Kier molecular flexibility index (Phi) is 18.8. The minimum Gasteiger partial charge on any atom is -0.465 e. The van der Waals surface area contributed by atoms with Crippen LogP contribution in [0.4, 0.5) is 0 Å². The summed E-state index contributed by atoms with van der Waals surface area (Å²) in [7, 11) is 0. The number of carbonyl (C=O) groups excluding carboxylic acids is 1. The van der Waals surface area contributed by atoms with E-state index < -0.39 is 0 Å². The lowest BCUT2D eigenvalue weighted by molar-refractivity contribution is -0.142. The molecule has 25 heavy (non-hydrogen) atoms. The molecular weight excluding hydrogens is 716 g/mol. The quantitative estimate of drug-likeness (QED) is 0.0970. The van der Waals surface area contributed by atoms with Crippen molar-refractivity contribution in [3.8, 4) is 0 Å². The number of hydrogen-bond acceptors (Lipinski definition) is 2. The van der Waals surface area contributed by atoms with E-state index in [0.717, 1.165) is 18.2 Å². The first-order chi connectivity index (χ1) is 11.8. The summed E-state index contributed by atoms with van der Waals surface area (Å²) in [5, 5.41) is 1.03. The van der Waals surface area contributed by atoms with Gasteiger partial charge in [-0.3, -0.25) is 4.79 Å². The highest BCUT2D eigenvalue weighted by Gasteiger charge is 2.32. The van der Waals surface area contributed by atoms with Gasteiger partial charge >= 0.3 is 5.97 Å². The largest absolute Gasteiger partial charge is 0.465 e. The second-order valence-electron chi connectivity index (χ2n) is 6.15. The van der Waals surface area contributed by atoms with E-state index >= 15 is 0 Å². The highest BCUT2D eigenvalue weighted by molar-refractivity contribution is 9.14. The van der Waals surface area contributed by atoms with Crippen molar-refractivity contribution in [2.45, 2.75) is 82.4 Å². The molecule has 0 fully saturated rings. The maximum atomic E-state index is 12.1. The number of carbonyl (C=O) groups is 1. The highest BCUT2D eigenvalue weighted by atomic mass is 79.9. The summed E-state index contributed by atoms with van der Waals surface area (Å²) in [5.41, 5.74) is 0. The van der Waals surface area contributed by atoms with Gasteiger partial charge < -0.3 is 4.74 Å². The van der Waals surface area contributed by atoms with Gasteiger partial charge in [0.1, 0.15) is 4.83 Å². The molecule has 0 aliphatic heterocycles. The molecule has 0 amide bonds. The third kappa shape index (κ3) is 14.0. The lowest BCUT2D eigenvalue weighted by atomic mass is 10.1. The third-order valence-electron chi connectivity index (χ3n) is 3.82. The van der Waals surface area contributed by atoms with Crippen molar-refractivity contribution in [2.75, 3.05) is 11.9 Å². The molecular formula is C17H28Br6O2. The van der Waals surface area contributed by atoms with Crippen LogP contribution in [0.25, 0.3) is 0 Å². The molecule has 5 atom stereocenters. The number of alkyl halides is 6. The van der Waals surface area contributed by atoms with Crippen LogP contribution < -0.4 is 0 Å². The highest BCUT2D eigenvalue weighted by Crippen LogP contribution is 2.29. The molecule has 0 bridgehead atoms. The standard InChI is InChI=1S/C17H28Br6O2/c1-12(19)14(21)15(22)16(23)17(24)25-10-8-6-4-2-3-5-7-9-13(20)11-18/h12-16H,2-11H2,1H3. The molecule has 0 spiro atoms. The second kappa shape index (κ2) is 17.2. The first-order valence-corrected chi connectivity index (χ1v) is 14.4. The Morgan fingerprint density at radius 3 is 1.88 bits per heavy atom. The summed E-state index contributed by atoms with van der Waals surface area (Å²) in [4.78, 5) is 12.7. The van der Waals surface area contributed by atoms with Crippen LogP contribution in [0.1, 0.15) is 58.3 Å². The molecule has 8 heteroatoms. The Hall–Kier alpha value is 2.35. The van der Waals surface area contributed by atoms with Gasteiger partial charge in [0.25, 0.3) is 0 Å². The topological polar surface area (TPSA) is 26.3 Å². The van der Waals surface area contributed by atoms with E-state index in [9.17, 15) is 4.79 Å². The Morgan fingerprint density at radius 2 is 1.36 bits per heavy atom. The van der Waals surface area contributed by atoms with E-state index in [4.69, 9.17) is 4.74 Å². The molecule has 0 saturated heterocycles. The maximum absolute atomic E-state index is 12.1. The fraction of sp³-hybridized carbons (Fsp3) is 0.941. The van der Waals surface area contributed by atoms with Gasteiger partial charge in [0, 0.05) is 19.8 Å². The van der Waals surface area contributed by atoms with E-state index in [2.05, 4.69) is 95.6 Å². The van der Waals surface area contributed by atoms with E-state index in [1.54, 1.807) is 0 Å². The SMILES string of the molecule is CC(Br)C(Br)C(Br)C(Br)C(=O)OCCCCCCCCCC(Br)CBr. The molecule has 0 saturated carbocycles. The zero-order chi connectivity index (χ0) is 19.2. The number of rotatable bonds is 15. The molecule has 150 valence electrons. The molecule has 0 N–H and O–H groups in total. The Labute approximate surface area is 203 Å². The van der Waals surface area contributed by atoms with Gasteiger partial charge in [-0.2, -0.15) is 0 Å². The average molecular weight is 744 g/mol. The zero-order valence-corrected chi connectivity index (χ0v) is 24.1. The molecule has 0 aliphatic carbocycles. The Bertz CT molecular complexity index is 343. The molecule has 0 radical (unpaired) electrons. The van der Waals surface area contributed by atoms with Crippen LogP contribution >= 0.6 is 95.6 Å². The van der Waals surface area contributed by atoms with Crippen molar-refractivity contribution in [3.05, 3.63) is 0 Å². The average Bonchev–Trinajstić information content (AvgIpc) is 2.60. The number of esters is 1. The van der Waals surface area contributed by atoms with E-state index in [0.29, 0.717) is 11.4 Å². The molecule has 0 aliphatic rings. The molecule has 0 heterocycles. The first kappa shape index (κ1) is 27.4. The van der Waals surface area contributed by atoms with Crippen LogP contribution in [0.3, 0.4) is 0 Å². The Morgan fingerprint density at radius 1 is 0.840 bits per heavy atom. The van der Waals surface area contributed by atoms with Crippen LogP contribution in [0.5, 0.6) is 0 Å². The van der Waals surface area contributed by atoms with Crippen molar-refractivity contribution in [2.24, 2.45) is 0 Å². The number of unbranched alkanes of at least 4 members (excludes halogenated alkanes) is 6. The minimum absolute atomic E-state index is 0.0296. The first-order valence-electron chi connectivity index (χ1n) is 8.74. The van der Waals surface area contributed by atoms with Crippen LogP contribution in [0, 0.1) is 0 Å². The van der Waals surface area contributed by atoms with Gasteiger partial charge in [-0.1, -0.05) is 141 Å². The second-order valence-corrected chi connectivity index (χ2v) is 12.6. The van der Waals surface area contributed by atoms with Crippen molar-refractivity contribution in [1.29, 1.82) is 0 Å².